The quantitative estimate of drug-likeness (QED) is 0.158. The molecule has 0 unspecified atom stereocenters. The van der Waals surface area contributed by atoms with Gasteiger partial charge in [-0.2, -0.15) is 0 Å². The van der Waals surface area contributed by atoms with Gasteiger partial charge in [0.1, 0.15) is 6.29 Å². The molecule has 2 rings (SSSR count). The monoisotopic (exact) mass is 584 g/mol. The molecule has 0 atom stereocenters. The van der Waals surface area contributed by atoms with Gasteiger partial charge in [-0.05, 0) is 119 Å². The molecule has 0 heterocycles. The summed E-state index contributed by atoms with van der Waals surface area (Å²) in [5.41, 5.74) is 10.6. The number of carbonyl (C=O) groups is 2. The molecule has 0 aromatic carbocycles. The van der Waals surface area contributed by atoms with E-state index in [4.69, 9.17) is 5.11 Å². The van der Waals surface area contributed by atoms with Gasteiger partial charge < -0.3 is 5.11 Å². The minimum absolute atomic E-state index is 0.260. The van der Waals surface area contributed by atoms with Gasteiger partial charge in [0.15, 0.2) is 0 Å². The lowest BCUT2D eigenvalue weighted by Crippen LogP contribution is -2.19. The Morgan fingerprint density at radius 3 is 1.42 bits per heavy atom. The molecular formula is C40H56O3. The zero-order valence-electron chi connectivity index (χ0n) is 28.5. The number of hydrogen-bond acceptors (Lipinski definition) is 2. The number of aliphatic carboxylic acids is 1. The van der Waals surface area contributed by atoms with Crippen LogP contribution in [0.15, 0.2) is 117 Å². The van der Waals surface area contributed by atoms with Crippen LogP contribution in [0.25, 0.3) is 0 Å². The molecule has 3 heteroatoms. The number of carboxylic acids is 1. The zero-order chi connectivity index (χ0) is 32.6. The van der Waals surface area contributed by atoms with Crippen molar-refractivity contribution in [2.75, 3.05) is 0 Å². The van der Waals surface area contributed by atoms with E-state index in [1.165, 1.54) is 72.5 Å². The fourth-order valence-corrected chi connectivity index (χ4v) is 5.67. The van der Waals surface area contributed by atoms with E-state index in [1.807, 2.05) is 31.2 Å². The van der Waals surface area contributed by atoms with E-state index in [0.717, 1.165) is 23.0 Å². The summed E-state index contributed by atoms with van der Waals surface area (Å²) in [5.74, 6) is -0.912. The highest BCUT2D eigenvalue weighted by Crippen LogP contribution is 2.41. The van der Waals surface area contributed by atoms with Crippen LogP contribution in [-0.4, -0.2) is 17.4 Å². The van der Waals surface area contributed by atoms with Crippen LogP contribution in [0.3, 0.4) is 0 Å². The number of carbonyl (C=O) groups excluding carboxylic acids is 1. The molecule has 2 aliphatic rings. The first-order chi connectivity index (χ1) is 20.1. The zero-order valence-corrected chi connectivity index (χ0v) is 28.5. The molecular weight excluding hydrogens is 528 g/mol. The van der Waals surface area contributed by atoms with Crippen molar-refractivity contribution < 1.29 is 14.7 Å². The summed E-state index contributed by atoms with van der Waals surface area (Å²) in [6, 6.07) is 0. The molecule has 0 spiro atoms. The van der Waals surface area contributed by atoms with Gasteiger partial charge in [-0.1, -0.05) is 111 Å². The summed E-state index contributed by atoms with van der Waals surface area (Å²) in [6.45, 7) is 21.7. The van der Waals surface area contributed by atoms with E-state index < -0.39 is 5.97 Å². The Balaban J connectivity index is 0.000000430. The van der Waals surface area contributed by atoms with Crippen molar-refractivity contribution in [3.8, 4) is 0 Å². The molecule has 0 bridgehead atoms. The van der Waals surface area contributed by atoms with Crippen molar-refractivity contribution in [3.05, 3.63) is 117 Å². The maximum Gasteiger partial charge on any atom is 0.328 e. The highest BCUT2D eigenvalue weighted by Gasteiger charge is 2.27. The largest absolute Gasteiger partial charge is 0.478 e. The summed E-state index contributed by atoms with van der Waals surface area (Å²) in [5, 5.41) is 8.65. The second kappa shape index (κ2) is 18.3. The topological polar surface area (TPSA) is 54.4 Å². The van der Waals surface area contributed by atoms with Gasteiger partial charge in [0, 0.05) is 6.08 Å². The predicted molar refractivity (Wildman–Crippen MR) is 186 cm³/mol. The van der Waals surface area contributed by atoms with Crippen LogP contribution < -0.4 is 0 Å². The first-order valence-corrected chi connectivity index (χ1v) is 15.6. The molecule has 0 fully saturated rings. The summed E-state index contributed by atoms with van der Waals surface area (Å²) in [6.07, 6.45) is 31.7. The number of carboxylic acid groups (broad SMARTS) is 1. The maximum atomic E-state index is 10.5. The average Bonchev–Trinajstić information content (AvgIpc) is 2.87. The maximum absolute atomic E-state index is 10.5. The van der Waals surface area contributed by atoms with Crippen molar-refractivity contribution in [1.82, 2.24) is 0 Å². The molecule has 0 saturated carbocycles. The lowest BCUT2D eigenvalue weighted by molar-refractivity contribution is -0.131. The van der Waals surface area contributed by atoms with Gasteiger partial charge in [0.25, 0.3) is 0 Å². The first kappa shape index (κ1) is 37.6. The third-order valence-corrected chi connectivity index (χ3v) is 8.23. The second-order valence-electron chi connectivity index (χ2n) is 13.3. The lowest BCUT2D eigenvalue weighted by Gasteiger charge is -2.33. The van der Waals surface area contributed by atoms with E-state index in [0.29, 0.717) is 0 Å². The van der Waals surface area contributed by atoms with Crippen molar-refractivity contribution in [2.24, 2.45) is 10.8 Å². The predicted octanol–water partition coefficient (Wildman–Crippen LogP) is 11.3. The van der Waals surface area contributed by atoms with Crippen LogP contribution in [0, 0.1) is 10.8 Å². The summed E-state index contributed by atoms with van der Waals surface area (Å²) < 4.78 is 0. The van der Waals surface area contributed by atoms with Crippen LogP contribution in [0.5, 0.6) is 0 Å². The van der Waals surface area contributed by atoms with Gasteiger partial charge in [-0.3, -0.25) is 4.79 Å². The molecule has 0 saturated heterocycles. The Hall–Kier alpha value is -3.46. The van der Waals surface area contributed by atoms with Crippen LogP contribution in [0.1, 0.15) is 108 Å². The van der Waals surface area contributed by atoms with Crippen molar-refractivity contribution in [3.63, 3.8) is 0 Å². The van der Waals surface area contributed by atoms with Crippen molar-refractivity contribution in [2.45, 2.75) is 108 Å². The van der Waals surface area contributed by atoms with Crippen LogP contribution >= 0.6 is 0 Å². The molecule has 0 aliphatic heterocycles. The smallest absolute Gasteiger partial charge is 0.328 e. The van der Waals surface area contributed by atoms with Crippen molar-refractivity contribution >= 4 is 12.3 Å². The molecule has 3 nitrogen and oxygen atoms in total. The van der Waals surface area contributed by atoms with Gasteiger partial charge in [-0.15, -0.1) is 0 Å². The minimum atomic E-state index is -0.912. The fourth-order valence-electron chi connectivity index (χ4n) is 5.67. The number of hydrogen-bond donors (Lipinski definition) is 1. The Kier molecular flexibility index (Phi) is 16.0. The van der Waals surface area contributed by atoms with Gasteiger partial charge in [-0.25, -0.2) is 4.79 Å². The third kappa shape index (κ3) is 14.5. The Bertz CT molecular complexity index is 1290. The second-order valence-corrected chi connectivity index (χ2v) is 13.3. The molecule has 0 aromatic rings. The normalized spacial score (nSPS) is 20.4. The van der Waals surface area contributed by atoms with Gasteiger partial charge >= 0.3 is 5.97 Å². The Morgan fingerprint density at radius 1 is 0.651 bits per heavy atom. The molecule has 0 amide bonds. The molecule has 2 aliphatic carbocycles. The summed E-state index contributed by atoms with van der Waals surface area (Å²) >= 11 is 0. The van der Waals surface area contributed by atoms with E-state index >= 15 is 0 Å². The van der Waals surface area contributed by atoms with Gasteiger partial charge in [0.05, 0.1) is 0 Å². The average molecular weight is 585 g/mol. The first-order valence-electron chi connectivity index (χ1n) is 15.6. The minimum Gasteiger partial charge on any atom is -0.478 e. The molecule has 234 valence electrons. The number of aldehydes is 1. The number of allylic oxidation sites excluding steroid dienone is 19. The van der Waals surface area contributed by atoms with E-state index in [9.17, 15) is 9.59 Å². The Morgan fingerprint density at radius 2 is 1.05 bits per heavy atom. The highest BCUT2D eigenvalue weighted by molar-refractivity contribution is 5.81. The highest BCUT2D eigenvalue weighted by atomic mass is 16.4. The van der Waals surface area contributed by atoms with Crippen LogP contribution in [-0.2, 0) is 9.59 Å². The Labute approximate surface area is 262 Å². The fraction of sp³-hybridized carbons (Fsp3) is 0.450. The van der Waals surface area contributed by atoms with Crippen molar-refractivity contribution in [1.29, 1.82) is 0 Å². The van der Waals surface area contributed by atoms with E-state index in [2.05, 4.69) is 85.8 Å². The number of rotatable bonds is 10. The van der Waals surface area contributed by atoms with Crippen LogP contribution in [0.4, 0.5) is 0 Å². The summed E-state index contributed by atoms with van der Waals surface area (Å²) in [4.78, 5) is 20.9. The van der Waals surface area contributed by atoms with Crippen LogP contribution in [0.2, 0.25) is 0 Å². The summed E-state index contributed by atoms with van der Waals surface area (Å²) in [7, 11) is 0. The molecule has 0 aromatic heterocycles. The molecule has 43 heavy (non-hydrogen) atoms. The van der Waals surface area contributed by atoms with E-state index in [1.54, 1.807) is 19.1 Å². The third-order valence-electron chi connectivity index (χ3n) is 8.23. The SMILES string of the molecule is CC(C=CC1=C(C)CCCC1(C)C)=C/C=C\C(C)=CC=O.CC(C=CC1=C(C)CCCC1(C)C)=CC=CC(C)=CC(=O)O. The van der Waals surface area contributed by atoms with Gasteiger partial charge in [0.2, 0.25) is 0 Å². The molecule has 1 N–H and O–H groups in total. The standard InChI is InChI=1S/C20H28O2.C20H28O/c1-15(8-6-9-16(2)14-19(21)22)11-12-18-17(3)10-7-13-20(18,4)5;1-16(8-6-9-17(2)13-15-21)11-12-19-18(3)10-7-14-20(19,4)5/h6,8-9,11-12,14H,7,10,13H2,1-5H3,(H,21,22);6,8-9,11-13,15H,7,10,14H2,1-5H3/b;9-6-,12-11?,16-8?,17-13?. The molecule has 0 radical (unpaired) electrons. The lowest BCUT2D eigenvalue weighted by atomic mass is 9.72. The van der Waals surface area contributed by atoms with E-state index in [-0.39, 0.29) is 10.8 Å².